The van der Waals surface area contributed by atoms with E-state index in [1.807, 2.05) is 0 Å². The fourth-order valence-electron chi connectivity index (χ4n) is 2.16. The van der Waals surface area contributed by atoms with Crippen LogP contribution in [0.25, 0.3) is 0 Å². The van der Waals surface area contributed by atoms with E-state index in [1.165, 1.54) is 42.4 Å². The molecule has 0 aromatic heterocycles. The van der Waals surface area contributed by atoms with E-state index >= 15 is 0 Å². The third-order valence-corrected chi connectivity index (χ3v) is 3.72. The number of aryl methyl sites for hydroxylation is 2. The molecule has 0 spiro atoms. The molecule has 1 aromatic carbocycles. The number of hydrogen-bond donors (Lipinski definition) is 1. The molecule has 1 rings (SSSR count). The van der Waals surface area contributed by atoms with Crippen molar-refractivity contribution in [3.05, 3.63) is 34.9 Å². The molecule has 2 N–H and O–H groups in total. The molecule has 0 bridgehead atoms. The molecule has 0 radical (unpaired) electrons. The molecule has 1 atom stereocenters. The number of unbranched alkanes of at least 4 members (excludes halogenated alkanes) is 3. The Morgan fingerprint density at radius 3 is 2.35 bits per heavy atom. The standard InChI is InChI=1S/C16H27N/c1-5-6-7-8-11-16(4,17)15-10-9-13(2)14(3)12-15/h9-10,12H,5-8,11,17H2,1-4H3. The average Bonchev–Trinajstić information content (AvgIpc) is 2.28. The molecular weight excluding hydrogens is 206 g/mol. The molecule has 0 saturated heterocycles. The van der Waals surface area contributed by atoms with E-state index in [9.17, 15) is 0 Å². The highest BCUT2D eigenvalue weighted by Crippen LogP contribution is 2.26. The van der Waals surface area contributed by atoms with E-state index in [1.54, 1.807) is 0 Å². The van der Waals surface area contributed by atoms with Gasteiger partial charge in [0.05, 0.1) is 0 Å². The Kier molecular flexibility index (Phi) is 5.20. The molecule has 1 unspecified atom stereocenters. The lowest BCUT2D eigenvalue weighted by Crippen LogP contribution is -2.33. The normalized spacial score (nSPS) is 14.6. The largest absolute Gasteiger partial charge is 0.322 e. The Hall–Kier alpha value is -0.820. The smallest absolute Gasteiger partial charge is 0.0381 e. The molecule has 1 heteroatoms. The van der Waals surface area contributed by atoms with E-state index in [0.29, 0.717) is 0 Å². The third kappa shape index (κ3) is 4.16. The Labute approximate surface area is 106 Å². The first-order valence-electron chi connectivity index (χ1n) is 6.84. The predicted molar refractivity (Wildman–Crippen MR) is 76.2 cm³/mol. The van der Waals surface area contributed by atoms with Gasteiger partial charge in [0.2, 0.25) is 0 Å². The van der Waals surface area contributed by atoms with Gasteiger partial charge < -0.3 is 5.73 Å². The molecule has 0 aliphatic carbocycles. The van der Waals surface area contributed by atoms with Crippen molar-refractivity contribution in [3.8, 4) is 0 Å². The quantitative estimate of drug-likeness (QED) is 0.722. The molecule has 17 heavy (non-hydrogen) atoms. The van der Waals surface area contributed by atoms with Gasteiger partial charge in [-0.1, -0.05) is 50.8 Å². The first kappa shape index (κ1) is 14.2. The van der Waals surface area contributed by atoms with Crippen LogP contribution in [0.2, 0.25) is 0 Å². The van der Waals surface area contributed by atoms with Crippen LogP contribution in [0.5, 0.6) is 0 Å². The van der Waals surface area contributed by atoms with E-state index in [0.717, 1.165) is 6.42 Å². The third-order valence-electron chi connectivity index (χ3n) is 3.72. The molecule has 96 valence electrons. The van der Waals surface area contributed by atoms with Crippen LogP contribution in [-0.2, 0) is 5.54 Å². The topological polar surface area (TPSA) is 26.0 Å². The number of hydrogen-bond acceptors (Lipinski definition) is 1. The van der Waals surface area contributed by atoms with Crippen molar-refractivity contribution >= 4 is 0 Å². The molecule has 0 aliphatic heterocycles. The van der Waals surface area contributed by atoms with Crippen molar-refractivity contribution in [1.29, 1.82) is 0 Å². The van der Waals surface area contributed by atoms with Gasteiger partial charge in [0, 0.05) is 5.54 Å². The maximum atomic E-state index is 6.44. The van der Waals surface area contributed by atoms with Gasteiger partial charge >= 0.3 is 0 Å². The van der Waals surface area contributed by atoms with Crippen LogP contribution < -0.4 is 5.73 Å². The van der Waals surface area contributed by atoms with Gasteiger partial charge in [0.25, 0.3) is 0 Å². The van der Waals surface area contributed by atoms with Crippen molar-refractivity contribution in [2.75, 3.05) is 0 Å². The van der Waals surface area contributed by atoms with Crippen molar-refractivity contribution in [3.63, 3.8) is 0 Å². The second-order valence-electron chi connectivity index (χ2n) is 5.53. The van der Waals surface area contributed by atoms with Gasteiger partial charge in [-0.25, -0.2) is 0 Å². The van der Waals surface area contributed by atoms with Crippen LogP contribution in [0.15, 0.2) is 18.2 Å². The summed E-state index contributed by atoms with van der Waals surface area (Å²) in [5.41, 5.74) is 10.2. The van der Waals surface area contributed by atoms with Crippen LogP contribution in [0.3, 0.4) is 0 Å². The summed E-state index contributed by atoms with van der Waals surface area (Å²) in [4.78, 5) is 0. The number of rotatable bonds is 6. The summed E-state index contributed by atoms with van der Waals surface area (Å²) in [5, 5.41) is 0. The van der Waals surface area contributed by atoms with Gasteiger partial charge in [0.1, 0.15) is 0 Å². The van der Waals surface area contributed by atoms with Crippen LogP contribution >= 0.6 is 0 Å². The average molecular weight is 233 g/mol. The zero-order chi connectivity index (χ0) is 12.9. The van der Waals surface area contributed by atoms with Gasteiger partial charge in [-0.05, 0) is 43.9 Å². The summed E-state index contributed by atoms with van der Waals surface area (Å²) in [6, 6.07) is 6.61. The lowest BCUT2D eigenvalue weighted by Gasteiger charge is -2.26. The minimum atomic E-state index is -0.174. The Bertz CT molecular complexity index is 353. The van der Waals surface area contributed by atoms with E-state index in [4.69, 9.17) is 5.73 Å². The highest BCUT2D eigenvalue weighted by molar-refractivity contribution is 5.33. The summed E-state index contributed by atoms with van der Waals surface area (Å²) in [5.74, 6) is 0. The van der Waals surface area contributed by atoms with Crippen molar-refractivity contribution < 1.29 is 0 Å². The van der Waals surface area contributed by atoms with Gasteiger partial charge in [-0.2, -0.15) is 0 Å². The molecular formula is C16H27N. The fraction of sp³-hybridized carbons (Fsp3) is 0.625. The van der Waals surface area contributed by atoms with Crippen molar-refractivity contribution in [2.24, 2.45) is 5.73 Å². The Balaban J connectivity index is 2.64. The van der Waals surface area contributed by atoms with Crippen LogP contribution in [-0.4, -0.2) is 0 Å². The van der Waals surface area contributed by atoms with Gasteiger partial charge in [-0.15, -0.1) is 0 Å². The van der Waals surface area contributed by atoms with Crippen molar-refractivity contribution in [1.82, 2.24) is 0 Å². The monoisotopic (exact) mass is 233 g/mol. The Morgan fingerprint density at radius 2 is 1.76 bits per heavy atom. The van der Waals surface area contributed by atoms with Crippen molar-refractivity contribution in [2.45, 2.75) is 65.3 Å². The first-order chi connectivity index (χ1) is 7.97. The zero-order valence-corrected chi connectivity index (χ0v) is 11.8. The molecule has 0 heterocycles. The predicted octanol–water partition coefficient (Wildman–Crippen LogP) is 4.45. The molecule has 0 fully saturated rings. The molecule has 0 amide bonds. The first-order valence-corrected chi connectivity index (χ1v) is 6.84. The minimum Gasteiger partial charge on any atom is -0.322 e. The Morgan fingerprint density at radius 1 is 1.06 bits per heavy atom. The minimum absolute atomic E-state index is 0.174. The maximum absolute atomic E-state index is 6.44. The summed E-state index contributed by atoms with van der Waals surface area (Å²) in [6.45, 7) is 8.70. The van der Waals surface area contributed by atoms with Crippen LogP contribution in [0.4, 0.5) is 0 Å². The van der Waals surface area contributed by atoms with E-state index in [2.05, 4.69) is 45.9 Å². The fourth-order valence-corrected chi connectivity index (χ4v) is 2.16. The summed E-state index contributed by atoms with van der Waals surface area (Å²) in [7, 11) is 0. The van der Waals surface area contributed by atoms with Gasteiger partial charge in [-0.3, -0.25) is 0 Å². The highest BCUT2D eigenvalue weighted by atomic mass is 14.7. The summed E-state index contributed by atoms with van der Waals surface area (Å²) < 4.78 is 0. The zero-order valence-electron chi connectivity index (χ0n) is 11.8. The molecule has 1 aromatic rings. The molecule has 0 saturated carbocycles. The number of nitrogens with two attached hydrogens (primary N) is 1. The second-order valence-corrected chi connectivity index (χ2v) is 5.53. The van der Waals surface area contributed by atoms with Crippen LogP contribution in [0, 0.1) is 13.8 Å². The summed E-state index contributed by atoms with van der Waals surface area (Å²) >= 11 is 0. The lowest BCUT2D eigenvalue weighted by atomic mass is 9.86. The van der Waals surface area contributed by atoms with E-state index < -0.39 is 0 Å². The summed E-state index contributed by atoms with van der Waals surface area (Å²) in [6.07, 6.45) is 6.21. The maximum Gasteiger partial charge on any atom is 0.0381 e. The number of benzene rings is 1. The SMILES string of the molecule is CCCCCCC(C)(N)c1ccc(C)c(C)c1. The van der Waals surface area contributed by atoms with E-state index in [-0.39, 0.29) is 5.54 Å². The highest BCUT2D eigenvalue weighted by Gasteiger charge is 2.20. The second kappa shape index (κ2) is 6.20. The van der Waals surface area contributed by atoms with Gasteiger partial charge in [0.15, 0.2) is 0 Å². The molecule has 1 nitrogen and oxygen atoms in total. The molecule has 0 aliphatic rings. The van der Waals surface area contributed by atoms with Crippen LogP contribution in [0.1, 0.15) is 62.6 Å². The lowest BCUT2D eigenvalue weighted by molar-refractivity contribution is 0.423.